The van der Waals surface area contributed by atoms with Crippen molar-refractivity contribution in [1.82, 2.24) is 5.32 Å². The molecule has 0 aliphatic carbocycles. The minimum Gasteiger partial charge on any atom is -0.456 e. The molecule has 0 atom stereocenters. The molecule has 2 aromatic carbocycles. The predicted molar refractivity (Wildman–Crippen MR) is 91.9 cm³/mol. The van der Waals surface area contributed by atoms with Crippen molar-refractivity contribution in [2.45, 2.75) is 27.3 Å². The number of para-hydroxylation sites is 1. The maximum Gasteiger partial charge on any atom is 0.141 e. The fourth-order valence-electron chi connectivity index (χ4n) is 2.03. The normalized spacial score (nSPS) is 10.9. The van der Waals surface area contributed by atoms with E-state index in [1.807, 2.05) is 37.3 Å². The zero-order chi connectivity index (χ0) is 15.2. The van der Waals surface area contributed by atoms with E-state index in [0.717, 1.165) is 34.6 Å². The third-order valence-corrected chi connectivity index (χ3v) is 3.81. The molecule has 21 heavy (non-hydrogen) atoms. The number of aryl methyl sites for hydroxylation is 1. The summed E-state index contributed by atoms with van der Waals surface area (Å²) in [4.78, 5) is 0. The first kappa shape index (κ1) is 16.1. The molecule has 0 saturated carbocycles. The van der Waals surface area contributed by atoms with Crippen molar-refractivity contribution in [2.24, 2.45) is 5.92 Å². The Labute approximate surface area is 135 Å². The van der Waals surface area contributed by atoms with Gasteiger partial charge in [-0.15, -0.1) is 0 Å². The minimum absolute atomic E-state index is 0.664. The number of nitrogens with one attached hydrogen (secondary N) is 1. The maximum atomic E-state index is 5.97. The molecule has 0 aliphatic rings. The molecule has 0 amide bonds. The van der Waals surface area contributed by atoms with E-state index in [0.29, 0.717) is 5.92 Å². The van der Waals surface area contributed by atoms with Crippen LogP contribution in [0.3, 0.4) is 0 Å². The summed E-state index contributed by atoms with van der Waals surface area (Å²) >= 11 is 3.60. The van der Waals surface area contributed by atoms with Crippen molar-refractivity contribution in [3.8, 4) is 11.5 Å². The lowest BCUT2D eigenvalue weighted by Gasteiger charge is -2.12. The first-order chi connectivity index (χ1) is 10.1. The lowest BCUT2D eigenvalue weighted by atomic mass is 10.2. The monoisotopic (exact) mass is 347 g/mol. The largest absolute Gasteiger partial charge is 0.456 e. The fourth-order valence-corrected chi connectivity index (χ4v) is 2.54. The van der Waals surface area contributed by atoms with Crippen LogP contribution in [0.25, 0.3) is 0 Å². The average Bonchev–Trinajstić information content (AvgIpc) is 2.43. The van der Waals surface area contributed by atoms with Crippen LogP contribution in [-0.2, 0) is 6.54 Å². The zero-order valence-electron chi connectivity index (χ0n) is 12.8. The summed E-state index contributed by atoms with van der Waals surface area (Å²) < 4.78 is 6.95. The number of rotatable bonds is 6. The topological polar surface area (TPSA) is 21.3 Å². The number of halogens is 1. The van der Waals surface area contributed by atoms with E-state index >= 15 is 0 Å². The van der Waals surface area contributed by atoms with E-state index in [-0.39, 0.29) is 0 Å². The number of hydrogen-bond acceptors (Lipinski definition) is 2. The second-order valence-electron chi connectivity index (χ2n) is 5.66. The van der Waals surface area contributed by atoms with Gasteiger partial charge in [-0.3, -0.25) is 0 Å². The minimum atomic E-state index is 0.664. The molecule has 2 nitrogen and oxygen atoms in total. The number of benzene rings is 2. The van der Waals surface area contributed by atoms with Gasteiger partial charge in [-0.2, -0.15) is 0 Å². The molecule has 1 N–H and O–H groups in total. The maximum absolute atomic E-state index is 5.97. The van der Waals surface area contributed by atoms with E-state index < -0.39 is 0 Å². The molecule has 0 fully saturated rings. The van der Waals surface area contributed by atoms with Gasteiger partial charge in [-0.05, 0) is 64.6 Å². The van der Waals surface area contributed by atoms with Crippen LogP contribution >= 0.6 is 15.9 Å². The SMILES string of the molecule is Cc1ccccc1Oc1ccc(CNCC(C)C)cc1Br. The van der Waals surface area contributed by atoms with Crippen LogP contribution in [0.5, 0.6) is 11.5 Å². The van der Waals surface area contributed by atoms with E-state index in [1.165, 1.54) is 5.56 Å². The molecule has 0 unspecified atom stereocenters. The van der Waals surface area contributed by atoms with Crippen LogP contribution in [0.4, 0.5) is 0 Å². The fraction of sp³-hybridized carbons (Fsp3) is 0.333. The van der Waals surface area contributed by atoms with Gasteiger partial charge in [0.05, 0.1) is 4.47 Å². The highest BCUT2D eigenvalue weighted by Gasteiger charge is 2.06. The summed E-state index contributed by atoms with van der Waals surface area (Å²) in [6, 6.07) is 14.3. The molecule has 0 heterocycles. The molecule has 2 rings (SSSR count). The van der Waals surface area contributed by atoms with Crippen molar-refractivity contribution in [3.63, 3.8) is 0 Å². The lowest BCUT2D eigenvalue weighted by Crippen LogP contribution is -2.18. The first-order valence-electron chi connectivity index (χ1n) is 7.29. The zero-order valence-corrected chi connectivity index (χ0v) is 14.4. The smallest absolute Gasteiger partial charge is 0.141 e. The molecule has 112 valence electrons. The molecule has 2 aromatic rings. The van der Waals surface area contributed by atoms with Gasteiger partial charge in [0.1, 0.15) is 11.5 Å². The van der Waals surface area contributed by atoms with Gasteiger partial charge in [-0.1, -0.05) is 38.1 Å². The molecular formula is C18H22BrNO. The van der Waals surface area contributed by atoms with Gasteiger partial charge in [0.25, 0.3) is 0 Å². The predicted octanol–water partition coefficient (Wildman–Crippen LogP) is 5.30. The van der Waals surface area contributed by atoms with Crippen LogP contribution in [0.1, 0.15) is 25.0 Å². The Morgan fingerprint density at radius 3 is 2.52 bits per heavy atom. The van der Waals surface area contributed by atoms with E-state index in [1.54, 1.807) is 0 Å². The van der Waals surface area contributed by atoms with Gasteiger partial charge in [0.15, 0.2) is 0 Å². The van der Waals surface area contributed by atoms with Crippen molar-refractivity contribution < 1.29 is 4.74 Å². The standard InChI is InChI=1S/C18H22BrNO/c1-13(2)11-20-12-15-8-9-18(16(19)10-15)21-17-7-5-4-6-14(17)3/h4-10,13,20H,11-12H2,1-3H3. The van der Waals surface area contributed by atoms with Gasteiger partial charge in [0.2, 0.25) is 0 Å². The molecule has 0 radical (unpaired) electrons. The Bertz CT molecular complexity index is 596. The Morgan fingerprint density at radius 1 is 1.10 bits per heavy atom. The van der Waals surface area contributed by atoms with Crippen molar-refractivity contribution in [1.29, 1.82) is 0 Å². The highest BCUT2D eigenvalue weighted by Crippen LogP contribution is 2.31. The third kappa shape index (κ3) is 4.87. The summed E-state index contributed by atoms with van der Waals surface area (Å²) in [7, 11) is 0. The molecule has 0 aromatic heterocycles. The van der Waals surface area contributed by atoms with Crippen LogP contribution < -0.4 is 10.1 Å². The highest BCUT2D eigenvalue weighted by molar-refractivity contribution is 9.10. The van der Waals surface area contributed by atoms with Crippen molar-refractivity contribution >= 4 is 15.9 Å². The quantitative estimate of drug-likeness (QED) is 0.765. The molecular weight excluding hydrogens is 326 g/mol. The van der Waals surface area contributed by atoms with Crippen LogP contribution in [0, 0.1) is 12.8 Å². The Hall–Kier alpha value is -1.32. The lowest BCUT2D eigenvalue weighted by molar-refractivity contribution is 0.475. The Morgan fingerprint density at radius 2 is 1.86 bits per heavy atom. The molecule has 0 saturated heterocycles. The van der Waals surface area contributed by atoms with E-state index in [2.05, 4.69) is 47.2 Å². The van der Waals surface area contributed by atoms with Crippen LogP contribution in [0.2, 0.25) is 0 Å². The van der Waals surface area contributed by atoms with E-state index in [9.17, 15) is 0 Å². The van der Waals surface area contributed by atoms with Gasteiger partial charge in [0, 0.05) is 6.54 Å². The van der Waals surface area contributed by atoms with Crippen LogP contribution in [0.15, 0.2) is 46.9 Å². The highest BCUT2D eigenvalue weighted by atomic mass is 79.9. The van der Waals surface area contributed by atoms with Gasteiger partial charge >= 0.3 is 0 Å². The van der Waals surface area contributed by atoms with Gasteiger partial charge in [-0.25, -0.2) is 0 Å². The summed E-state index contributed by atoms with van der Waals surface area (Å²) in [5.41, 5.74) is 2.38. The first-order valence-corrected chi connectivity index (χ1v) is 8.08. The summed E-state index contributed by atoms with van der Waals surface area (Å²) in [5, 5.41) is 3.44. The molecule has 0 spiro atoms. The summed E-state index contributed by atoms with van der Waals surface area (Å²) in [5.74, 6) is 2.40. The van der Waals surface area contributed by atoms with Crippen LogP contribution in [-0.4, -0.2) is 6.54 Å². The summed E-state index contributed by atoms with van der Waals surface area (Å²) in [6.07, 6.45) is 0. The Kier molecular flexibility index (Phi) is 5.83. The number of hydrogen-bond donors (Lipinski definition) is 1. The third-order valence-electron chi connectivity index (χ3n) is 3.19. The Balaban J connectivity index is 2.04. The number of ether oxygens (including phenoxy) is 1. The molecule has 0 aliphatic heterocycles. The summed E-state index contributed by atoms with van der Waals surface area (Å²) in [6.45, 7) is 8.37. The second-order valence-corrected chi connectivity index (χ2v) is 6.51. The molecule has 0 bridgehead atoms. The van der Waals surface area contributed by atoms with Crippen molar-refractivity contribution in [2.75, 3.05) is 6.54 Å². The van der Waals surface area contributed by atoms with Crippen molar-refractivity contribution in [3.05, 3.63) is 58.1 Å². The van der Waals surface area contributed by atoms with Gasteiger partial charge < -0.3 is 10.1 Å². The van der Waals surface area contributed by atoms with E-state index in [4.69, 9.17) is 4.74 Å². The molecule has 3 heteroatoms. The second kappa shape index (κ2) is 7.62. The average molecular weight is 348 g/mol.